The summed E-state index contributed by atoms with van der Waals surface area (Å²) in [6.07, 6.45) is -0.327. The van der Waals surface area contributed by atoms with Gasteiger partial charge in [-0.1, -0.05) is 43.3 Å². The van der Waals surface area contributed by atoms with Gasteiger partial charge in [0.15, 0.2) is 29.6 Å². The largest absolute Gasteiger partial charge is 0.459 e. The fourth-order valence-electron chi connectivity index (χ4n) is 5.96. The zero-order valence-electron chi connectivity index (χ0n) is 26.9. The van der Waals surface area contributed by atoms with Gasteiger partial charge in [0.1, 0.15) is 17.2 Å². The molecule has 2 heterocycles. The molecule has 3 aromatic carbocycles. The standard InChI is InChI=1S/C35H37F5N2O6/c1-18-24(16-42-15-5-6-23(42)33(45)48-35(2,3)4)46-34(47-31(18)20-9-7-19(17-43)8-10-20)21-11-13-22(14-12-21)41-32(44)25-26(36)28(38)30(40)29(39)27(25)37/h7-14,18,23-24,31,34,43H,5-6,15-17H2,1-4H3,(H,41,44)/t18-,23-,24+,31+,34+/m0/s1. The van der Waals surface area contributed by atoms with Crippen molar-refractivity contribution in [1.82, 2.24) is 4.90 Å². The number of rotatable bonds is 8. The second kappa shape index (κ2) is 14.3. The maximum Gasteiger partial charge on any atom is 0.323 e. The zero-order chi connectivity index (χ0) is 34.9. The number of esters is 1. The van der Waals surface area contributed by atoms with Crippen molar-refractivity contribution in [3.8, 4) is 0 Å². The highest BCUT2D eigenvalue weighted by molar-refractivity contribution is 6.04. The van der Waals surface area contributed by atoms with Crippen molar-refractivity contribution in [3.05, 3.63) is 99.9 Å². The Hall–Kier alpha value is -3.91. The van der Waals surface area contributed by atoms with Crippen LogP contribution < -0.4 is 5.32 Å². The lowest BCUT2D eigenvalue weighted by Crippen LogP contribution is -2.48. The summed E-state index contributed by atoms with van der Waals surface area (Å²) in [5.74, 6) is -13.3. The molecule has 2 fully saturated rings. The Morgan fingerprint density at radius 2 is 1.48 bits per heavy atom. The predicted molar refractivity (Wildman–Crippen MR) is 164 cm³/mol. The molecule has 0 aromatic heterocycles. The number of aliphatic hydroxyl groups excluding tert-OH is 1. The Labute approximate surface area is 274 Å². The van der Waals surface area contributed by atoms with Crippen LogP contribution >= 0.6 is 0 Å². The molecule has 0 unspecified atom stereocenters. The van der Waals surface area contributed by atoms with Gasteiger partial charge in [-0.15, -0.1) is 0 Å². The first-order valence-electron chi connectivity index (χ1n) is 15.6. The van der Waals surface area contributed by atoms with Gasteiger partial charge < -0.3 is 24.6 Å². The van der Waals surface area contributed by atoms with Crippen LogP contribution in [0.4, 0.5) is 27.6 Å². The minimum Gasteiger partial charge on any atom is -0.459 e. The van der Waals surface area contributed by atoms with Crippen LogP contribution in [-0.4, -0.2) is 52.7 Å². The van der Waals surface area contributed by atoms with E-state index in [1.54, 1.807) is 12.1 Å². The molecule has 13 heteroatoms. The Morgan fingerprint density at radius 3 is 2.06 bits per heavy atom. The second-order valence-electron chi connectivity index (χ2n) is 13.0. The van der Waals surface area contributed by atoms with Crippen LogP contribution in [0.25, 0.3) is 0 Å². The molecule has 0 bridgehead atoms. The van der Waals surface area contributed by atoms with Crippen molar-refractivity contribution in [2.75, 3.05) is 18.4 Å². The van der Waals surface area contributed by atoms with Gasteiger partial charge in [-0.05, 0) is 63.4 Å². The summed E-state index contributed by atoms with van der Waals surface area (Å²) >= 11 is 0. The summed E-state index contributed by atoms with van der Waals surface area (Å²) < 4.78 is 87.7. The molecule has 2 saturated heterocycles. The third kappa shape index (κ3) is 7.54. The normalized spacial score (nSPS) is 23.2. The molecular formula is C35H37F5N2O6. The molecule has 2 aliphatic heterocycles. The number of nitrogens with zero attached hydrogens (tertiary/aromatic N) is 1. The molecule has 1 amide bonds. The van der Waals surface area contributed by atoms with E-state index >= 15 is 0 Å². The molecule has 0 spiro atoms. The summed E-state index contributed by atoms with van der Waals surface area (Å²) in [6.45, 7) is 8.41. The Balaban J connectivity index is 1.38. The number of halogens is 5. The number of nitrogens with one attached hydrogen (secondary N) is 1. The van der Waals surface area contributed by atoms with E-state index in [0.717, 1.165) is 17.5 Å². The number of aliphatic hydroxyl groups is 1. The first-order chi connectivity index (χ1) is 22.7. The van der Waals surface area contributed by atoms with Crippen LogP contribution in [0, 0.1) is 35.0 Å². The van der Waals surface area contributed by atoms with E-state index in [4.69, 9.17) is 14.2 Å². The van der Waals surface area contributed by atoms with Gasteiger partial charge >= 0.3 is 5.97 Å². The van der Waals surface area contributed by atoms with Gasteiger partial charge in [-0.25, -0.2) is 22.0 Å². The average molecular weight is 677 g/mol. The summed E-state index contributed by atoms with van der Waals surface area (Å²) in [6, 6.07) is 12.7. The van der Waals surface area contributed by atoms with Crippen molar-refractivity contribution in [3.63, 3.8) is 0 Å². The average Bonchev–Trinajstić information content (AvgIpc) is 3.52. The molecule has 48 heavy (non-hydrogen) atoms. The monoisotopic (exact) mass is 676 g/mol. The lowest BCUT2D eigenvalue weighted by atomic mass is 9.90. The molecule has 0 radical (unpaired) electrons. The van der Waals surface area contributed by atoms with Crippen molar-refractivity contribution in [2.45, 2.75) is 77.3 Å². The number of amides is 1. The lowest BCUT2D eigenvalue weighted by Gasteiger charge is -2.43. The number of likely N-dealkylation sites (tertiary alicyclic amines) is 1. The van der Waals surface area contributed by atoms with Crippen LogP contribution in [-0.2, 0) is 25.6 Å². The van der Waals surface area contributed by atoms with Gasteiger partial charge in [0.2, 0.25) is 5.82 Å². The number of carbonyl (C=O) groups is 2. The van der Waals surface area contributed by atoms with E-state index in [9.17, 15) is 36.6 Å². The number of benzene rings is 3. The molecule has 258 valence electrons. The summed E-state index contributed by atoms with van der Waals surface area (Å²) in [5.41, 5.74) is -0.135. The Bertz CT molecular complexity index is 1620. The van der Waals surface area contributed by atoms with Crippen molar-refractivity contribution >= 4 is 17.6 Å². The number of hydrogen-bond donors (Lipinski definition) is 2. The summed E-state index contributed by atoms with van der Waals surface area (Å²) in [7, 11) is 0. The van der Waals surface area contributed by atoms with E-state index in [0.29, 0.717) is 25.1 Å². The molecule has 0 aliphatic carbocycles. The van der Waals surface area contributed by atoms with E-state index in [1.807, 2.05) is 39.8 Å². The van der Waals surface area contributed by atoms with Crippen LogP contribution in [0.3, 0.4) is 0 Å². The first-order valence-corrected chi connectivity index (χ1v) is 15.6. The van der Waals surface area contributed by atoms with Crippen LogP contribution in [0.1, 0.15) is 80.0 Å². The van der Waals surface area contributed by atoms with Gasteiger partial charge in [0.25, 0.3) is 5.91 Å². The maximum atomic E-state index is 14.2. The van der Waals surface area contributed by atoms with Crippen LogP contribution in [0.2, 0.25) is 0 Å². The van der Waals surface area contributed by atoms with E-state index in [2.05, 4.69) is 10.2 Å². The summed E-state index contributed by atoms with van der Waals surface area (Å²) in [4.78, 5) is 27.6. The Kier molecular flexibility index (Phi) is 10.5. The lowest BCUT2D eigenvalue weighted by molar-refractivity contribution is -0.276. The molecular weight excluding hydrogens is 639 g/mol. The molecule has 3 aromatic rings. The quantitative estimate of drug-likeness (QED) is 0.118. The second-order valence-corrected chi connectivity index (χ2v) is 13.0. The Morgan fingerprint density at radius 1 is 0.896 bits per heavy atom. The smallest absolute Gasteiger partial charge is 0.323 e. The van der Waals surface area contributed by atoms with Gasteiger partial charge in [-0.3, -0.25) is 14.5 Å². The molecule has 8 nitrogen and oxygen atoms in total. The topological polar surface area (TPSA) is 97.3 Å². The highest BCUT2D eigenvalue weighted by Crippen LogP contribution is 2.42. The molecule has 2 aliphatic rings. The highest BCUT2D eigenvalue weighted by Gasteiger charge is 2.42. The molecule has 0 saturated carbocycles. The number of anilines is 1. The number of hydrogen-bond acceptors (Lipinski definition) is 7. The van der Waals surface area contributed by atoms with Crippen LogP contribution in [0.15, 0.2) is 48.5 Å². The van der Waals surface area contributed by atoms with Crippen molar-refractivity contribution in [1.29, 1.82) is 0 Å². The molecule has 5 atom stereocenters. The fraction of sp³-hybridized carbons (Fsp3) is 0.429. The van der Waals surface area contributed by atoms with Gasteiger partial charge in [0.05, 0.1) is 18.8 Å². The highest BCUT2D eigenvalue weighted by atomic mass is 19.2. The third-order valence-corrected chi connectivity index (χ3v) is 8.46. The third-order valence-electron chi connectivity index (χ3n) is 8.46. The van der Waals surface area contributed by atoms with Crippen molar-refractivity contribution < 1.29 is 50.9 Å². The van der Waals surface area contributed by atoms with E-state index in [-0.39, 0.29) is 24.2 Å². The minimum atomic E-state index is -2.36. The van der Waals surface area contributed by atoms with E-state index < -0.39 is 70.7 Å². The SMILES string of the molecule is C[C@H]1[C@@H](CN2CCC[C@H]2C(=O)OC(C)(C)C)O[C@@H](c2ccc(NC(=O)c3c(F)c(F)c(F)c(F)c3F)cc2)O[C@H]1c1ccc(CO)cc1. The minimum absolute atomic E-state index is 0.0156. The fourth-order valence-corrected chi connectivity index (χ4v) is 5.96. The first kappa shape index (κ1) is 35.4. The molecule has 2 N–H and O–H groups in total. The number of carbonyl (C=O) groups excluding carboxylic acids is 2. The van der Waals surface area contributed by atoms with Crippen molar-refractivity contribution in [2.24, 2.45) is 5.92 Å². The van der Waals surface area contributed by atoms with Gasteiger partial charge in [-0.2, -0.15) is 0 Å². The predicted octanol–water partition coefficient (Wildman–Crippen LogP) is 6.72. The molecule has 5 rings (SSSR count). The zero-order valence-corrected chi connectivity index (χ0v) is 26.9. The summed E-state index contributed by atoms with van der Waals surface area (Å²) in [5, 5.41) is 11.7. The number of ether oxygens (including phenoxy) is 3. The van der Waals surface area contributed by atoms with Gasteiger partial charge in [0, 0.05) is 23.7 Å². The van der Waals surface area contributed by atoms with E-state index in [1.165, 1.54) is 24.3 Å². The van der Waals surface area contributed by atoms with Crippen LogP contribution in [0.5, 0.6) is 0 Å². The maximum absolute atomic E-state index is 14.2.